The Balaban J connectivity index is 3.28. The molecule has 0 saturated heterocycles. The Morgan fingerprint density at radius 1 is 1.50 bits per heavy atom. The summed E-state index contributed by atoms with van der Waals surface area (Å²) in [4.78, 5) is 4.61. The van der Waals surface area contributed by atoms with Gasteiger partial charge in [0.1, 0.15) is 24.4 Å². The average molecular weight is 245 g/mol. The van der Waals surface area contributed by atoms with Crippen molar-refractivity contribution in [1.29, 1.82) is 0 Å². The molecular formula is C10H10ClFN2O2. The van der Waals surface area contributed by atoms with Crippen LogP contribution in [0.25, 0.3) is 0 Å². The van der Waals surface area contributed by atoms with Crippen molar-refractivity contribution in [3.8, 4) is 0 Å². The molecule has 1 aromatic rings. The fourth-order valence-corrected chi connectivity index (χ4v) is 1.39. The minimum atomic E-state index is -0.455. The summed E-state index contributed by atoms with van der Waals surface area (Å²) in [5.74, 6) is -0.455. The minimum absolute atomic E-state index is 0.166. The maximum atomic E-state index is 12.8. The molecule has 0 unspecified atom stereocenters. The van der Waals surface area contributed by atoms with Crippen LogP contribution in [0.15, 0.2) is 28.5 Å². The molecule has 0 atom stereocenters. The summed E-state index contributed by atoms with van der Waals surface area (Å²) in [6.45, 7) is 1.53. The topological polar surface area (TPSA) is 54.2 Å². The first-order valence-corrected chi connectivity index (χ1v) is 4.73. The first-order valence-electron chi connectivity index (χ1n) is 4.35. The summed E-state index contributed by atoms with van der Waals surface area (Å²) in [6, 6.07) is 3.81. The van der Waals surface area contributed by atoms with Crippen molar-refractivity contribution in [2.45, 2.75) is 6.92 Å². The van der Waals surface area contributed by atoms with Crippen LogP contribution in [0.3, 0.4) is 0 Å². The first kappa shape index (κ1) is 12.4. The number of benzene rings is 1. The Bertz CT molecular complexity index is 446. The number of hydrogen-bond donors (Lipinski definition) is 1. The largest absolute Gasteiger partial charge is 0.411 e. The van der Waals surface area contributed by atoms with E-state index in [0.29, 0.717) is 5.56 Å². The Labute approximate surface area is 97.0 Å². The molecular weight excluding hydrogens is 235 g/mol. The van der Waals surface area contributed by atoms with E-state index in [9.17, 15) is 4.39 Å². The third-order valence-electron chi connectivity index (χ3n) is 1.86. The molecule has 0 aliphatic heterocycles. The minimum Gasteiger partial charge on any atom is -0.411 e. The van der Waals surface area contributed by atoms with Gasteiger partial charge in [-0.25, -0.2) is 4.39 Å². The molecule has 0 aliphatic carbocycles. The lowest BCUT2D eigenvalue weighted by Gasteiger charge is -2.06. The normalized spacial score (nSPS) is 12.8. The molecule has 0 radical (unpaired) electrons. The lowest BCUT2D eigenvalue weighted by Crippen LogP contribution is -2.13. The van der Waals surface area contributed by atoms with E-state index in [1.54, 1.807) is 0 Å². The molecule has 1 aromatic carbocycles. The number of rotatable bonds is 3. The van der Waals surface area contributed by atoms with Crippen molar-refractivity contribution in [2.75, 3.05) is 7.11 Å². The molecule has 0 aliphatic rings. The number of oxime groups is 2. The Morgan fingerprint density at radius 3 is 2.69 bits per heavy atom. The summed E-state index contributed by atoms with van der Waals surface area (Å²) in [5.41, 5.74) is 0.894. The molecule has 0 heterocycles. The van der Waals surface area contributed by atoms with Crippen molar-refractivity contribution in [2.24, 2.45) is 10.3 Å². The maximum Gasteiger partial charge on any atom is 0.136 e. The van der Waals surface area contributed by atoms with Crippen LogP contribution in [-0.4, -0.2) is 23.7 Å². The quantitative estimate of drug-likeness (QED) is 0.505. The highest BCUT2D eigenvalue weighted by molar-refractivity contribution is 6.50. The van der Waals surface area contributed by atoms with Gasteiger partial charge in [-0.1, -0.05) is 21.9 Å². The van der Waals surface area contributed by atoms with Crippen LogP contribution >= 0.6 is 11.6 Å². The molecule has 4 nitrogen and oxygen atoms in total. The van der Waals surface area contributed by atoms with Crippen LogP contribution in [-0.2, 0) is 4.84 Å². The van der Waals surface area contributed by atoms with E-state index in [1.807, 2.05) is 0 Å². The number of hydrogen-bond acceptors (Lipinski definition) is 4. The molecule has 0 fully saturated rings. The molecule has 0 bridgehead atoms. The number of nitrogens with zero attached hydrogens (tertiary/aromatic N) is 2. The Kier molecular flexibility index (Phi) is 4.25. The van der Waals surface area contributed by atoms with E-state index in [-0.39, 0.29) is 16.4 Å². The van der Waals surface area contributed by atoms with Crippen LogP contribution in [0.1, 0.15) is 12.5 Å². The van der Waals surface area contributed by atoms with E-state index in [2.05, 4.69) is 15.1 Å². The van der Waals surface area contributed by atoms with Gasteiger partial charge >= 0.3 is 0 Å². The van der Waals surface area contributed by atoms with Crippen molar-refractivity contribution < 1.29 is 14.4 Å². The van der Waals surface area contributed by atoms with E-state index >= 15 is 0 Å². The third kappa shape index (κ3) is 2.70. The summed E-state index contributed by atoms with van der Waals surface area (Å²) in [7, 11) is 1.35. The van der Waals surface area contributed by atoms with Crippen LogP contribution in [0.5, 0.6) is 0 Å². The zero-order chi connectivity index (χ0) is 12.1. The fourth-order valence-electron chi connectivity index (χ4n) is 1.13. The van der Waals surface area contributed by atoms with Gasteiger partial charge < -0.3 is 10.0 Å². The zero-order valence-corrected chi connectivity index (χ0v) is 9.49. The van der Waals surface area contributed by atoms with E-state index in [0.717, 1.165) is 6.07 Å². The van der Waals surface area contributed by atoms with Gasteiger partial charge in [0.2, 0.25) is 0 Å². The van der Waals surface area contributed by atoms with Gasteiger partial charge in [0.15, 0.2) is 0 Å². The van der Waals surface area contributed by atoms with Crippen LogP contribution in [0.2, 0.25) is 5.02 Å². The van der Waals surface area contributed by atoms with Crippen molar-refractivity contribution >= 4 is 23.0 Å². The summed E-state index contributed by atoms with van der Waals surface area (Å²) < 4.78 is 12.8. The predicted molar refractivity (Wildman–Crippen MR) is 59.9 cm³/mol. The highest BCUT2D eigenvalue weighted by Gasteiger charge is 2.13. The average Bonchev–Trinajstić information content (AvgIpc) is 2.26. The number of halogens is 2. The van der Waals surface area contributed by atoms with Crippen molar-refractivity contribution in [3.63, 3.8) is 0 Å². The van der Waals surface area contributed by atoms with Gasteiger partial charge in [-0.05, 0) is 25.1 Å². The van der Waals surface area contributed by atoms with Crippen molar-refractivity contribution in [3.05, 3.63) is 34.6 Å². The molecule has 0 amide bonds. The van der Waals surface area contributed by atoms with Crippen LogP contribution in [0, 0.1) is 5.82 Å². The zero-order valence-electron chi connectivity index (χ0n) is 8.74. The molecule has 86 valence electrons. The lowest BCUT2D eigenvalue weighted by atomic mass is 10.1. The molecule has 6 heteroatoms. The SMILES string of the molecule is CO/N=C(\C(C)=N\O)c1ccc(F)cc1Cl. The Morgan fingerprint density at radius 2 is 2.19 bits per heavy atom. The molecule has 0 saturated carbocycles. The van der Waals surface area contributed by atoms with E-state index < -0.39 is 5.82 Å². The maximum absolute atomic E-state index is 12.8. The van der Waals surface area contributed by atoms with E-state index in [1.165, 1.54) is 26.2 Å². The lowest BCUT2D eigenvalue weighted by molar-refractivity contribution is 0.214. The van der Waals surface area contributed by atoms with Gasteiger partial charge in [-0.3, -0.25) is 0 Å². The van der Waals surface area contributed by atoms with E-state index in [4.69, 9.17) is 16.8 Å². The van der Waals surface area contributed by atoms with Crippen LogP contribution < -0.4 is 0 Å². The first-order chi connectivity index (χ1) is 7.60. The molecule has 0 spiro atoms. The second-order valence-corrected chi connectivity index (χ2v) is 3.34. The smallest absolute Gasteiger partial charge is 0.136 e. The highest BCUT2D eigenvalue weighted by atomic mass is 35.5. The van der Waals surface area contributed by atoms with Gasteiger partial charge in [0, 0.05) is 5.56 Å². The highest BCUT2D eigenvalue weighted by Crippen LogP contribution is 2.19. The van der Waals surface area contributed by atoms with Crippen molar-refractivity contribution in [1.82, 2.24) is 0 Å². The second kappa shape index (κ2) is 5.46. The monoisotopic (exact) mass is 244 g/mol. The third-order valence-corrected chi connectivity index (χ3v) is 2.17. The van der Waals surface area contributed by atoms with Gasteiger partial charge in [-0.15, -0.1) is 0 Å². The Hall–Kier alpha value is -1.62. The molecule has 1 rings (SSSR count). The van der Waals surface area contributed by atoms with Gasteiger partial charge in [-0.2, -0.15) is 0 Å². The van der Waals surface area contributed by atoms with Gasteiger partial charge in [0.25, 0.3) is 0 Å². The van der Waals surface area contributed by atoms with Crippen LogP contribution in [0.4, 0.5) is 4.39 Å². The summed E-state index contributed by atoms with van der Waals surface area (Å²) >= 11 is 5.85. The predicted octanol–water partition coefficient (Wildman–Crippen LogP) is 2.68. The van der Waals surface area contributed by atoms with Gasteiger partial charge in [0.05, 0.1) is 5.02 Å². The molecule has 16 heavy (non-hydrogen) atoms. The summed E-state index contributed by atoms with van der Waals surface area (Å²) in [6.07, 6.45) is 0. The standard InChI is InChI=1S/C10H10ClFN2O2/c1-6(13-15)10(14-16-2)8-4-3-7(12)5-9(8)11/h3-5,15H,1-2H3/b13-6+,14-10+. The fraction of sp³-hybridized carbons (Fsp3) is 0.200. The molecule has 1 N–H and O–H groups in total. The molecule has 0 aromatic heterocycles. The second-order valence-electron chi connectivity index (χ2n) is 2.93. The summed E-state index contributed by atoms with van der Waals surface area (Å²) in [5, 5.41) is 15.5.